The van der Waals surface area contributed by atoms with Gasteiger partial charge in [0.2, 0.25) is 0 Å². The molecule has 5 heteroatoms. The predicted molar refractivity (Wildman–Crippen MR) is 80.1 cm³/mol. The SMILES string of the molecule is CSCC(C)n1c(CCl)nc2cc(Br)ccc21. The van der Waals surface area contributed by atoms with Crippen molar-refractivity contribution in [2.75, 3.05) is 12.0 Å². The third-order valence-electron chi connectivity index (χ3n) is 2.69. The molecule has 1 atom stereocenters. The molecule has 2 nitrogen and oxygen atoms in total. The van der Waals surface area contributed by atoms with Crippen LogP contribution in [-0.4, -0.2) is 21.6 Å². The average Bonchev–Trinajstić information content (AvgIpc) is 2.66. The van der Waals surface area contributed by atoms with Crippen molar-refractivity contribution < 1.29 is 0 Å². The lowest BCUT2D eigenvalue weighted by molar-refractivity contribution is 0.606. The number of halogens is 2. The second-order valence-corrected chi connectivity index (χ2v) is 6.06. The number of fused-ring (bicyclic) bond motifs is 1. The molecule has 0 fully saturated rings. The number of benzene rings is 1. The Balaban J connectivity index is 2.58. The highest BCUT2D eigenvalue weighted by Gasteiger charge is 2.14. The molecule has 92 valence electrons. The Bertz CT molecular complexity index is 526. The maximum Gasteiger partial charge on any atom is 0.125 e. The number of hydrogen-bond acceptors (Lipinski definition) is 2. The summed E-state index contributed by atoms with van der Waals surface area (Å²) in [5.41, 5.74) is 2.16. The molecule has 0 aliphatic rings. The summed E-state index contributed by atoms with van der Waals surface area (Å²) in [7, 11) is 0. The Morgan fingerprint density at radius 3 is 2.94 bits per heavy atom. The topological polar surface area (TPSA) is 17.8 Å². The van der Waals surface area contributed by atoms with Crippen molar-refractivity contribution in [3.63, 3.8) is 0 Å². The second-order valence-electron chi connectivity index (χ2n) is 3.97. The van der Waals surface area contributed by atoms with Gasteiger partial charge < -0.3 is 4.57 Å². The molecule has 0 amide bonds. The molecule has 1 aromatic carbocycles. The third kappa shape index (κ3) is 2.64. The Kier molecular flexibility index (Phi) is 4.39. The van der Waals surface area contributed by atoms with E-state index in [9.17, 15) is 0 Å². The first-order chi connectivity index (χ1) is 8.17. The van der Waals surface area contributed by atoms with Crippen LogP contribution in [0.2, 0.25) is 0 Å². The van der Waals surface area contributed by atoms with Crippen LogP contribution in [0.1, 0.15) is 18.8 Å². The van der Waals surface area contributed by atoms with Crippen molar-refractivity contribution in [2.24, 2.45) is 0 Å². The Hall–Kier alpha value is -0.190. The van der Waals surface area contributed by atoms with Crippen LogP contribution in [0, 0.1) is 0 Å². The number of thioether (sulfide) groups is 1. The highest BCUT2D eigenvalue weighted by Crippen LogP contribution is 2.26. The summed E-state index contributed by atoms with van der Waals surface area (Å²) >= 11 is 11.3. The molecule has 1 heterocycles. The van der Waals surface area contributed by atoms with Gasteiger partial charge in [0.25, 0.3) is 0 Å². The van der Waals surface area contributed by atoms with E-state index in [-0.39, 0.29) is 0 Å². The fraction of sp³-hybridized carbons (Fsp3) is 0.417. The molecule has 1 unspecified atom stereocenters. The van der Waals surface area contributed by atoms with Gasteiger partial charge in [-0.1, -0.05) is 15.9 Å². The molecule has 0 radical (unpaired) electrons. The third-order valence-corrected chi connectivity index (χ3v) is 4.24. The lowest BCUT2D eigenvalue weighted by atomic mass is 10.3. The lowest BCUT2D eigenvalue weighted by Gasteiger charge is -2.15. The highest BCUT2D eigenvalue weighted by molar-refractivity contribution is 9.10. The summed E-state index contributed by atoms with van der Waals surface area (Å²) in [6.45, 7) is 2.20. The minimum atomic E-state index is 0.407. The van der Waals surface area contributed by atoms with E-state index < -0.39 is 0 Å². The normalized spacial score (nSPS) is 13.2. The minimum Gasteiger partial charge on any atom is -0.323 e. The number of alkyl halides is 1. The molecule has 2 aromatic rings. The van der Waals surface area contributed by atoms with Crippen molar-refractivity contribution in [1.82, 2.24) is 9.55 Å². The molecule has 0 saturated heterocycles. The fourth-order valence-electron chi connectivity index (χ4n) is 2.02. The van der Waals surface area contributed by atoms with E-state index in [2.05, 4.69) is 44.7 Å². The van der Waals surface area contributed by atoms with Gasteiger partial charge in [-0.25, -0.2) is 4.98 Å². The van der Waals surface area contributed by atoms with Gasteiger partial charge in [0, 0.05) is 16.3 Å². The lowest BCUT2D eigenvalue weighted by Crippen LogP contribution is -2.10. The molecule has 0 aliphatic carbocycles. The smallest absolute Gasteiger partial charge is 0.125 e. The Morgan fingerprint density at radius 1 is 1.53 bits per heavy atom. The summed E-state index contributed by atoms with van der Waals surface area (Å²) < 4.78 is 3.29. The molecule has 0 bridgehead atoms. The van der Waals surface area contributed by atoms with Gasteiger partial charge in [0.1, 0.15) is 5.82 Å². The first-order valence-electron chi connectivity index (χ1n) is 5.38. The van der Waals surface area contributed by atoms with E-state index in [0.29, 0.717) is 11.9 Å². The molecular weight excluding hydrogens is 320 g/mol. The van der Waals surface area contributed by atoms with E-state index >= 15 is 0 Å². The minimum absolute atomic E-state index is 0.407. The zero-order valence-corrected chi connectivity index (χ0v) is 12.9. The maximum atomic E-state index is 5.99. The number of hydrogen-bond donors (Lipinski definition) is 0. The zero-order valence-electron chi connectivity index (χ0n) is 9.78. The maximum absolute atomic E-state index is 5.99. The number of rotatable bonds is 4. The molecule has 0 N–H and O–H groups in total. The van der Waals surface area contributed by atoms with E-state index in [1.54, 1.807) is 0 Å². The van der Waals surface area contributed by atoms with Gasteiger partial charge in [-0.3, -0.25) is 0 Å². The number of nitrogens with zero attached hydrogens (tertiary/aromatic N) is 2. The molecule has 0 aliphatic heterocycles. The van der Waals surface area contributed by atoms with E-state index in [1.165, 1.54) is 0 Å². The number of imidazole rings is 1. The molecule has 17 heavy (non-hydrogen) atoms. The van der Waals surface area contributed by atoms with Crippen molar-refractivity contribution >= 4 is 50.3 Å². The summed E-state index contributed by atoms with van der Waals surface area (Å²) in [5, 5.41) is 0. The van der Waals surface area contributed by atoms with Gasteiger partial charge in [-0.05, 0) is 31.4 Å². The summed E-state index contributed by atoms with van der Waals surface area (Å²) in [5.74, 6) is 2.46. The van der Waals surface area contributed by atoms with Crippen molar-refractivity contribution in [3.8, 4) is 0 Å². The van der Waals surface area contributed by atoms with Gasteiger partial charge in [0.15, 0.2) is 0 Å². The highest BCUT2D eigenvalue weighted by atomic mass is 79.9. The quantitative estimate of drug-likeness (QED) is 0.769. The molecule has 0 spiro atoms. The zero-order chi connectivity index (χ0) is 12.4. The monoisotopic (exact) mass is 332 g/mol. The van der Waals surface area contributed by atoms with Crippen LogP contribution in [0.25, 0.3) is 11.0 Å². The Morgan fingerprint density at radius 2 is 2.29 bits per heavy atom. The summed E-state index contributed by atoms with van der Waals surface area (Å²) in [6.07, 6.45) is 2.12. The van der Waals surface area contributed by atoms with Gasteiger partial charge in [-0.15, -0.1) is 11.6 Å². The van der Waals surface area contributed by atoms with Crippen molar-refractivity contribution in [2.45, 2.75) is 18.8 Å². The molecular formula is C12H14BrClN2S. The molecule has 2 rings (SSSR count). The standard InChI is InChI=1S/C12H14BrClN2S/c1-8(7-17-2)16-11-4-3-9(13)5-10(11)15-12(16)6-14/h3-5,8H,6-7H2,1-2H3. The largest absolute Gasteiger partial charge is 0.323 e. The van der Waals surface area contributed by atoms with Crippen molar-refractivity contribution in [3.05, 3.63) is 28.5 Å². The molecule has 0 saturated carbocycles. The van der Waals surface area contributed by atoms with Gasteiger partial charge in [-0.2, -0.15) is 11.8 Å². The van der Waals surface area contributed by atoms with Crippen molar-refractivity contribution in [1.29, 1.82) is 0 Å². The van der Waals surface area contributed by atoms with Crippen LogP contribution in [0.3, 0.4) is 0 Å². The van der Waals surface area contributed by atoms with Crippen LogP contribution in [-0.2, 0) is 5.88 Å². The van der Waals surface area contributed by atoms with Gasteiger partial charge >= 0.3 is 0 Å². The number of aromatic nitrogens is 2. The van der Waals surface area contributed by atoms with Crippen LogP contribution in [0.5, 0.6) is 0 Å². The second kappa shape index (κ2) is 5.63. The van der Waals surface area contributed by atoms with E-state index in [0.717, 1.165) is 27.1 Å². The van der Waals surface area contributed by atoms with Crippen LogP contribution >= 0.6 is 39.3 Å². The fourth-order valence-corrected chi connectivity index (χ4v) is 3.19. The molecule has 1 aromatic heterocycles. The van der Waals surface area contributed by atoms with E-state index in [4.69, 9.17) is 11.6 Å². The first-order valence-corrected chi connectivity index (χ1v) is 8.10. The first kappa shape index (κ1) is 13.2. The van der Waals surface area contributed by atoms with E-state index in [1.807, 2.05) is 23.9 Å². The summed E-state index contributed by atoms with van der Waals surface area (Å²) in [6, 6.07) is 6.59. The predicted octanol–water partition coefficient (Wildman–Crippen LogP) is 4.46. The van der Waals surface area contributed by atoms with Gasteiger partial charge in [0.05, 0.1) is 16.9 Å². The Labute approximate surface area is 119 Å². The average molecular weight is 334 g/mol. The van der Waals surface area contributed by atoms with Crippen LogP contribution in [0.4, 0.5) is 0 Å². The van der Waals surface area contributed by atoms with Crippen LogP contribution < -0.4 is 0 Å². The summed E-state index contributed by atoms with van der Waals surface area (Å²) in [4.78, 5) is 4.59. The van der Waals surface area contributed by atoms with Crippen LogP contribution in [0.15, 0.2) is 22.7 Å².